The van der Waals surface area contributed by atoms with Gasteiger partial charge in [0.15, 0.2) is 5.82 Å². The minimum atomic E-state index is -0.188. The summed E-state index contributed by atoms with van der Waals surface area (Å²) < 4.78 is 0. The molecule has 0 fully saturated rings. The van der Waals surface area contributed by atoms with Crippen LogP contribution in [0.2, 0.25) is 0 Å². The van der Waals surface area contributed by atoms with Gasteiger partial charge in [-0.15, -0.1) is 0 Å². The zero-order valence-corrected chi connectivity index (χ0v) is 8.26. The number of aromatic amines is 1. The molecular weight excluding hydrogens is 182 g/mol. The molecule has 5 nitrogen and oxygen atoms in total. The molecule has 0 atom stereocenters. The Balaban J connectivity index is 2.37. The zero-order valence-electron chi connectivity index (χ0n) is 8.26. The van der Waals surface area contributed by atoms with Crippen molar-refractivity contribution in [2.75, 3.05) is 5.32 Å². The minimum absolute atomic E-state index is 0.0124. The monoisotopic (exact) mass is 195 g/mol. The van der Waals surface area contributed by atoms with E-state index in [1.807, 2.05) is 6.92 Å². The van der Waals surface area contributed by atoms with Gasteiger partial charge in [0.1, 0.15) is 5.78 Å². The molecule has 1 aromatic rings. The SMILES string of the molecule is CC(=O)CCC(=O)Nc1cc(C)[nH]n1. The van der Waals surface area contributed by atoms with Crippen LogP contribution in [0.3, 0.4) is 0 Å². The van der Waals surface area contributed by atoms with Gasteiger partial charge in [-0.05, 0) is 13.8 Å². The summed E-state index contributed by atoms with van der Waals surface area (Å²) in [7, 11) is 0. The predicted octanol–water partition coefficient (Wildman–Crippen LogP) is 1.03. The number of ketones is 1. The van der Waals surface area contributed by atoms with E-state index in [0.29, 0.717) is 5.82 Å². The molecule has 0 aromatic carbocycles. The molecule has 76 valence electrons. The highest BCUT2D eigenvalue weighted by atomic mass is 16.2. The van der Waals surface area contributed by atoms with Crippen LogP contribution in [0.4, 0.5) is 5.82 Å². The number of nitrogens with one attached hydrogen (secondary N) is 2. The van der Waals surface area contributed by atoms with E-state index in [2.05, 4.69) is 15.5 Å². The summed E-state index contributed by atoms with van der Waals surface area (Å²) in [6.45, 7) is 3.31. The number of anilines is 1. The van der Waals surface area contributed by atoms with Crippen molar-refractivity contribution < 1.29 is 9.59 Å². The molecule has 0 saturated heterocycles. The number of hydrogen-bond donors (Lipinski definition) is 2. The van der Waals surface area contributed by atoms with E-state index in [9.17, 15) is 9.59 Å². The predicted molar refractivity (Wildman–Crippen MR) is 51.9 cm³/mol. The smallest absolute Gasteiger partial charge is 0.226 e. The lowest BCUT2D eigenvalue weighted by Crippen LogP contribution is -2.12. The maximum atomic E-state index is 11.2. The average molecular weight is 195 g/mol. The van der Waals surface area contributed by atoms with Gasteiger partial charge in [0, 0.05) is 24.6 Å². The first kappa shape index (κ1) is 10.4. The van der Waals surface area contributed by atoms with Crippen LogP contribution in [0.1, 0.15) is 25.5 Å². The topological polar surface area (TPSA) is 74.8 Å². The van der Waals surface area contributed by atoms with Crippen molar-refractivity contribution >= 4 is 17.5 Å². The zero-order chi connectivity index (χ0) is 10.6. The summed E-state index contributed by atoms with van der Waals surface area (Å²) in [5, 5.41) is 9.13. The van der Waals surface area contributed by atoms with Gasteiger partial charge in [0.25, 0.3) is 0 Å². The van der Waals surface area contributed by atoms with Gasteiger partial charge >= 0.3 is 0 Å². The molecule has 0 aliphatic rings. The molecular formula is C9H13N3O2. The molecule has 0 spiro atoms. The van der Waals surface area contributed by atoms with E-state index in [4.69, 9.17) is 0 Å². The number of H-pyrrole nitrogens is 1. The van der Waals surface area contributed by atoms with Crippen LogP contribution >= 0.6 is 0 Å². The molecule has 0 saturated carbocycles. The lowest BCUT2D eigenvalue weighted by Gasteiger charge is -1.98. The first-order chi connectivity index (χ1) is 6.58. The fourth-order valence-corrected chi connectivity index (χ4v) is 0.977. The molecule has 14 heavy (non-hydrogen) atoms. The van der Waals surface area contributed by atoms with Gasteiger partial charge in [-0.2, -0.15) is 5.10 Å². The second-order valence-electron chi connectivity index (χ2n) is 3.19. The van der Waals surface area contributed by atoms with Crippen molar-refractivity contribution in [3.05, 3.63) is 11.8 Å². The molecule has 0 bridgehead atoms. The van der Waals surface area contributed by atoms with Crippen molar-refractivity contribution in [2.45, 2.75) is 26.7 Å². The van der Waals surface area contributed by atoms with Crippen molar-refractivity contribution in [1.82, 2.24) is 10.2 Å². The van der Waals surface area contributed by atoms with Gasteiger partial charge in [0.2, 0.25) is 5.91 Å². The summed E-state index contributed by atoms with van der Waals surface area (Å²) in [4.78, 5) is 21.8. The highest BCUT2D eigenvalue weighted by Crippen LogP contribution is 2.04. The maximum Gasteiger partial charge on any atom is 0.226 e. The largest absolute Gasteiger partial charge is 0.309 e. The van der Waals surface area contributed by atoms with E-state index in [0.717, 1.165) is 5.69 Å². The number of aryl methyl sites for hydroxylation is 1. The summed E-state index contributed by atoms with van der Waals surface area (Å²) in [6.07, 6.45) is 0.483. The number of aromatic nitrogens is 2. The Morgan fingerprint density at radius 2 is 2.21 bits per heavy atom. The summed E-state index contributed by atoms with van der Waals surface area (Å²) >= 11 is 0. The molecule has 5 heteroatoms. The molecule has 0 unspecified atom stereocenters. The molecule has 0 aliphatic carbocycles. The first-order valence-corrected chi connectivity index (χ1v) is 4.39. The number of carbonyl (C=O) groups is 2. The Bertz CT molecular complexity index is 344. The van der Waals surface area contributed by atoms with E-state index in [1.54, 1.807) is 6.07 Å². The number of hydrogen-bond acceptors (Lipinski definition) is 3. The van der Waals surface area contributed by atoms with E-state index < -0.39 is 0 Å². The molecule has 2 N–H and O–H groups in total. The summed E-state index contributed by atoms with van der Waals surface area (Å²) in [6, 6.07) is 1.73. The third-order valence-corrected chi connectivity index (χ3v) is 1.68. The Morgan fingerprint density at radius 1 is 1.50 bits per heavy atom. The Hall–Kier alpha value is -1.65. The lowest BCUT2D eigenvalue weighted by molar-refractivity contribution is -0.121. The van der Waals surface area contributed by atoms with Crippen LogP contribution in [0.25, 0.3) is 0 Å². The number of carbonyl (C=O) groups excluding carboxylic acids is 2. The van der Waals surface area contributed by atoms with Crippen LogP contribution in [-0.2, 0) is 9.59 Å². The van der Waals surface area contributed by atoms with Crippen molar-refractivity contribution in [1.29, 1.82) is 0 Å². The van der Waals surface area contributed by atoms with Gasteiger partial charge in [0.05, 0.1) is 0 Å². The molecule has 1 aromatic heterocycles. The fraction of sp³-hybridized carbons (Fsp3) is 0.444. The van der Waals surface area contributed by atoms with Crippen molar-refractivity contribution in [2.24, 2.45) is 0 Å². The van der Waals surface area contributed by atoms with Gasteiger partial charge in [-0.3, -0.25) is 9.89 Å². The summed E-state index contributed by atoms with van der Waals surface area (Å²) in [5.41, 5.74) is 0.881. The molecule has 0 aliphatic heterocycles. The number of Topliss-reactive ketones (excluding diaryl/α,β-unsaturated/α-hetero) is 1. The summed E-state index contributed by atoms with van der Waals surface area (Å²) in [5.74, 6) is 0.320. The lowest BCUT2D eigenvalue weighted by atomic mass is 10.2. The normalized spacial score (nSPS) is 9.86. The van der Waals surface area contributed by atoms with Gasteiger partial charge in [-0.1, -0.05) is 0 Å². The molecule has 1 rings (SSSR count). The second-order valence-corrected chi connectivity index (χ2v) is 3.19. The standard InChI is InChI=1S/C9H13N3O2/c1-6-5-8(12-11-6)10-9(14)4-3-7(2)13/h5H,3-4H2,1-2H3,(H2,10,11,12,14). The minimum Gasteiger partial charge on any atom is -0.309 e. The maximum absolute atomic E-state index is 11.2. The number of rotatable bonds is 4. The Morgan fingerprint density at radius 3 is 2.71 bits per heavy atom. The third-order valence-electron chi connectivity index (χ3n) is 1.68. The van der Waals surface area contributed by atoms with E-state index in [-0.39, 0.29) is 24.5 Å². The van der Waals surface area contributed by atoms with Crippen LogP contribution in [-0.4, -0.2) is 21.9 Å². The van der Waals surface area contributed by atoms with Crippen LogP contribution in [0.5, 0.6) is 0 Å². The quantitative estimate of drug-likeness (QED) is 0.753. The Labute approximate surface area is 81.9 Å². The first-order valence-electron chi connectivity index (χ1n) is 4.39. The highest BCUT2D eigenvalue weighted by Gasteiger charge is 2.05. The molecule has 1 amide bonds. The third kappa shape index (κ3) is 3.38. The van der Waals surface area contributed by atoms with Crippen LogP contribution in [0, 0.1) is 6.92 Å². The number of amides is 1. The number of nitrogens with zero attached hydrogens (tertiary/aromatic N) is 1. The molecule has 0 radical (unpaired) electrons. The van der Waals surface area contributed by atoms with Crippen molar-refractivity contribution in [3.63, 3.8) is 0 Å². The van der Waals surface area contributed by atoms with Gasteiger partial charge < -0.3 is 10.1 Å². The van der Waals surface area contributed by atoms with Crippen LogP contribution < -0.4 is 5.32 Å². The van der Waals surface area contributed by atoms with E-state index >= 15 is 0 Å². The van der Waals surface area contributed by atoms with E-state index in [1.165, 1.54) is 6.92 Å². The van der Waals surface area contributed by atoms with Crippen LogP contribution in [0.15, 0.2) is 6.07 Å². The average Bonchev–Trinajstić information content (AvgIpc) is 2.48. The Kier molecular flexibility index (Phi) is 3.39. The molecule has 1 heterocycles. The fourth-order valence-electron chi connectivity index (χ4n) is 0.977. The highest BCUT2D eigenvalue weighted by molar-refractivity contribution is 5.92. The van der Waals surface area contributed by atoms with Crippen molar-refractivity contribution in [3.8, 4) is 0 Å². The second kappa shape index (κ2) is 4.55. The van der Waals surface area contributed by atoms with Gasteiger partial charge in [-0.25, -0.2) is 0 Å².